The number of rotatable bonds is 2. The van der Waals surface area contributed by atoms with Crippen LogP contribution >= 0.6 is 22.9 Å². The lowest BCUT2D eigenvalue weighted by molar-refractivity contribution is 0.103. The van der Waals surface area contributed by atoms with Crippen LogP contribution in [0.1, 0.15) is 33.0 Å². The summed E-state index contributed by atoms with van der Waals surface area (Å²) in [6.45, 7) is 1.01. The minimum Gasteiger partial charge on any atom is -0.486 e. The molecule has 2 aliphatic rings. The third kappa shape index (κ3) is 2.91. The number of benzene rings is 1. The lowest BCUT2D eigenvalue weighted by Gasteiger charge is -2.19. The predicted octanol–water partition coefficient (Wildman–Crippen LogP) is 4.30. The van der Waals surface area contributed by atoms with Gasteiger partial charge in [0.05, 0.1) is 15.6 Å². The summed E-state index contributed by atoms with van der Waals surface area (Å²) in [7, 11) is 0. The Morgan fingerprint density at radius 2 is 1.83 bits per heavy atom. The van der Waals surface area contributed by atoms with Crippen LogP contribution in [0.2, 0.25) is 5.02 Å². The fraction of sp³-hybridized carbons (Fsp3) is 0.353. The molecule has 0 fully saturated rings. The SMILES string of the molecule is O=C(Nc1cc2c(cc1Cl)OCCO2)c1cc2c(s1)CCCC2. The molecule has 4 nitrogen and oxygen atoms in total. The largest absolute Gasteiger partial charge is 0.486 e. The van der Waals surface area contributed by atoms with Crippen molar-refractivity contribution in [3.05, 3.63) is 38.5 Å². The minimum absolute atomic E-state index is 0.122. The molecule has 0 saturated carbocycles. The second-order valence-corrected chi connectivity index (χ2v) is 7.24. The number of carbonyl (C=O) groups is 1. The molecular formula is C17H16ClNO3S. The number of hydrogen-bond donors (Lipinski definition) is 1. The highest BCUT2D eigenvalue weighted by Gasteiger charge is 2.20. The quantitative estimate of drug-likeness (QED) is 0.879. The van der Waals surface area contributed by atoms with Crippen LogP contribution < -0.4 is 14.8 Å². The number of carbonyl (C=O) groups excluding carboxylic acids is 1. The van der Waals surface area contributed by atoms with Gasteiger partial charge in [0, 0.05) is 17.0 Å². The van der Waals surface area contributed by atoms with Crippen molar-refractivity contribution in [2.24, 2.45) is 0 Å². The van der Waals surface area contributed by atoms with Crippen molar-refractivity contribution in [2.45, 2.75) is 25.7 Å². The summed E-state index contributed by atoms with van der Waals surface area (Å²) in [4.78, 5) is 14.6. The summed E-state index contributed by atoms with van der Waals surface area (Å²) in [5, 5.41) is 3.34. The molecule has 1 amide bonds. The van der Waals surface area contributed by atoms with E-state index in [4.69, 9.17) is 21.1 Å². The first-order valence-corrected chi connectivity index (χ1v) is 8.92. The summed E-state index contributed by atoms with van der Waals surface area (Å²) in [5.41, 5.74) is 1.87. The molecule has 1 aliphatic heterocycles. The molecule has 0 radical (unpaired) electrons. The summed E-state index contributed by atoms with van der Waals surface area (Å²) in [5.74, 6) is 1.11. The summed E-state index contributed by atoms with van der Waals surface area (Å²) in [6.07, 6.45) is 4.57. The number of anilines is 1. The van der Waals surface area contributed by atoms with Crippen molar-refractivity contribution in [2.75, 3.05) is 18.5 Å². The van der Waals surface area contributed by atoms with Crippen LogP contribution in [0.15, 0.2) is 18.2 Å². The summed E-state index contributed by atoms with van der Waals surface area (Å²) in [6, 6.07) is 5.42. The van der Waals surface area contributed by atoms with Crippen LogP contribution in [0.3, 0.4) is 0 Å². The van der Waals surface area contributed by atoms with Gasteiger partial charge in [-0.15, -0.1) is 11.3 Å². The van der Waals surface area contributed by atoms with Crippen LogP contribution in [-0.4, -0.2) is 19.1 Å². The molecule has 0 saturated heterocycles. The monoisotopic (exact) mass is 349 g/mol. The molecule has 1 aliphatic carbocycles. The molecule has 23 heavy (non-hydrogen) atoms. The maximum absolute atomic E-state index is 12.5. The van der Waals surface area contributed by atoms with E-state index in [1.807, 2.05) is 6.07 Å². The Balaban J connectivity index is 1.57. The van der Waals surface area contributed by atoms with Crippen molar-refractivity contribution in [3.63, 3.8) is 0 Å². The molecule has 1 N–H and O–H groups in total. The Morgan fingerprint density at radius 1 is 1.09 bits per heavy atom. The predicted molar refractivity (Wildman–Crippen MR) is 91.4 cm³/mol. The first-order valence-electron chi connectivity index (χ1n) is 7.73. The fourth-order valence-electron chi connectivity index (χ4n) is 2.95. The van der Waals surface area contributed by atoms with Gasteiger partial charge in [-0.1, -0.05) is 11.6 Å². The third-order valence-electron chi connectivity index (χ3n) is 4.10. The molecule has 4 rings (SSSR count). The average molecular weight is 350 g/mol. The molecule has 1 aromatic carbocycles. The fourth-order valence-corrected chi connectivity index (χ4v) is 4.30. The van der Waals surface area contributed by atoms with Crippen LogP contribution in [0, 0.1) is 0 Å². The Kier molecular flexibility index (Phi) is 3.91. The first kappa shape index (κ1) is 14.8. The van der Waals surface area contributed by atoms with E-state index in [9.17, 15) is 4.79 Å². The third-order valence-corrected chi connectivity index (χ3v) is 5.65. The van der Waals surface area contributed by atoms with Crippen molar-refractivity contribution < 1.29 is 14.3 Å². The number of amides is 1. The zero-order valence-corrected chi connectivity index (χ0v) is 14.1. The highest BCUT2D eigenvalue weighted by molar-refractivity contribution is 7.14. The first-order chi connectivity index (χ1) is 11.2. The van der Waals surface area contributed by atoms with Crippen LogP contribution in [-0.2, 0) is 12.8 Å². The van der Waals surface area contributed by atoms with E-state index >= 15 is 0 Å². The van der Waals surface area contributed by atoms with Crippen LogP contribution in [0.25, 0.3) is 0 Å². The number of ether oxygens (including phenoxy) is 2. The van der Waals surface area contributed by atoms with E-state index in [1.165, 1.54) is 23.3 Å². The normalized spacial score (nSPS) is 15.9. The van der Waals surface area contributed by atoms with Crippen molar-refractivity contribution in [1.29, 1.82) is 0 Å². The Hall–Kier alpha value is -1.72. The van der Waals surface area contributed by atoms with Gasteiger partial charge in [0.25, 0.3) is 5.91 Å². The maximum atomic E-state index is 12.5. The average Bonchev–Trinajstić information content (AvgIpc) is 3.00. The van der Waals surface area contributed by atoms with E-state index in [0.29, 0.717) is 35.4 Å². The number of nitrogens with one attached hydrogen (secondary N) is 1. The topological polar surface area (TPSA) is 47.6 Å². The van der Waals surface area contributed by atoms with Gasteiger partial charge in [-0.05, 0) is 37.3 Å². The van der Waals surface area contributed by atoms with Crippen molar-refractivity contribution >= 4 is 34.5 Å². The summed E-state index contributed by atoms with van der Waals surface area (Å²) >= 11 is 7.83. The van der Waals surface area contributed by atoms with Gasteiger partial charge in [0.2, 0.25) is 0 Å². The Morgan fingerprint density at radius 3 is 2.61 bits per heavy atom. The van der Waals surface area contributed by atoms with Crippen LogP contribution in [0.4, 0.5) is 5.69 Å². The zero-order chi connectivity index (χ0) is 15.8. The lowest BCUT2D eigenvalue weighted by Crippen LogP contribution is -2.16. The number of fused-ring (bicyclic) bond motifs is 2. The molecule has 6 heteroatoms. The van der Waals surface area contributed by atoms with Crippen LogP contribution in [0.5, 0.6) is 11.5 Å². The number of halogens is 1. The second-order valence-electron chi connectivity index (χ2n) is 5.70. The molecular weight excluding hydrogens is 334 g/mol. The van der Waals surface area contributed by atoms with E-state index in [0.717, 1.165) is 17.7 Å². The maximum Gasteiger partial charge on any atom is 0.265 e. The van der Waals surface area contributed by atoms with E-state index < -0.39 is 0 Å². The van der Waals surface area contributed by atoms with Gasteiger partial charge in [0.1, 0.15) is 13.2 Å². The number of aryl methyl sites for hydroxylation is 2. The minimum atomic E-state index is -0.122. The van der Waals surface area contributed by atoms with Crippen molar-refractivity contribution in [3.8, 4) is 11.5 Å². The molecule has 0 unspecified atom stereocenters. The van der Waals surface area contributed by atoms with E-state index in [-0.39, 0.29) is 5.91 Å². The van der Waals surface area contributed by atoms with Gasteiger partial charge in [-0.25, -0.2) is 0 Å². The zero-order valence-electron chi connectivity index (χ0n) is 12.5. The van der Waals surface area contributed by atoms with Gasteiger partial charge in [-0.2, -0.15) is 0 Å². The summed E-state index contributed by atoms with van der Waals surface area (Å²) < 4.78 is 11.0. The number of hydrogen-bond acceptors (Lipinski definition) is 4. The molecule has 1 aromatic heterocycles. The molecule has 0 atom stereocenters. The van der Waals surface area contributed by atoms with Gasteiger partial charge < -0.3 is 14.8 Å². The second kappa shape index (κ2) is 6.06. The highest BCUT2D eigenvalue weighted by Crippen LogP contribution is 2.38. The molecule has 2 aromatic rings. The van der Waals surface area contributed by atoms with E-state index in [2.05, 4.69) is 5.32 Å². The van der Waals surface area contributed by atoms with Gasteiger partial charge in [0.15, 0.2) is 11.5 Å². The van der Waals surface area contributed by atoms with Gasteiger partial charge in [-0.3, -0.25) is 4.79 Å². The highest BCUT2D eigenvalue weighted by atomic mass is 35.5. The smallest absolute Gasteiger partial charge is 0.265 e. The molecule has 2 heterocycles. The van der Waals surface area contributed by atoms with E-state index in [1.54, 1.807) is 23.5 Å². The van der Waals surface area contributed by atoms with Crippen molar-refractivity contribution in [1.82, 2.24) is 0 Å². The molecule has 0 bridgehead atoms. The lowest BCUT2D eigenvalue weighted by atomic mass is 9.99. The van der Waals surface area contributed by atoms with Gasteiger partial charge >= 0.3 is 0 Å². The molecule has 120 valence electrons. The number of thiophene rings is 1. The Bertz CT molecular complexity index is 748. The standard InChI is InChI=1S/C17H16ClNO3S/c18-11-8-13-14(22-6-5-21-13)9-12(11)19-17(20)16-7-10-3-1-2-4-15(10)23-16/h7-9H,1-6H2,(H,19,20). The molecule has 0 spiro atoms. The Labute approximate surface area is 143 Å².